The lowest BCUT2D eigenvalue weighted by molar-refractivity contribution is 0.194. The van der Waals surface area contributed by atoms with Crippen molar-refractivity contribution < 1.29 is 0 Å². The topological polar surface area (TPSA) is 9.72 Å². The number of benzene rings is 6. The van der Waals surface area contributed by atoms with Crippen molar-refractivity contribution in [3.63, 3.8) is 0 Å². The molecule has 0 saturated heterocycles. The van der Waals surface area contributed by atoms with E-state index in [9.17, 15) is 0 Å². The fraction of sp³-hybridized carbons (Fsp3) is 0.368. The Kier molecular flexibility index (Phi) is 7.67. The van der Waals surface area contributed by atoms with Crippen LogP contribution >= 0.6 is 0 Å². The van der Waals surface area contributed by atoms with Crippen molar-refractivity contribution in [1.29, 1.82) is 0 Å². The molecule has 3 nitrogen and oxygen atoms in total. The van der Waals surface area contributed by atoms with Gasteiger partial charge in [-0.25, -0.2) is 0 Å². The van der Waals surface area contributed by atoms with Crippen LogP contribution in [0.15, 0.2) is 121 Å². The lowest BCUT2D eigenvalue weighted by Gasteiger charge is -2.54. The third-order valence-corrected chi connectivity index (χ3v) is 17.3. The Hall–Kier alpha value is -5.22. The van der Waals surface area contributed by atoms with Crippen molar-refractivity contribution in [3.8, 4) is 0 Å². The summed E-state index contributed by atoms with van der Waals surface area (Å²) in [5.74, 6) is 0. The van der Waals surface area contributed by atoms with Gasteiger partial charge in [-0.15, -0.1) is 0 Å². The summed E-state index contributed by atoms with van der Waals surface area (Å²) in [4.78, 5) is 8.44. The SMILES string of the molecule is Cc1cc(C)c2c(c1)N(c1cc3c4c(c1)N1c5c(cc(C(C)(C)C)cc5C5(c6ccccc6)CCCCC15C)B4c1ccccc1N3c1ccccc1)C1(C)CCCCC21C. The Morgan fingerprint density at radius 3 is 1.97 bits per heavy atom. The van der Waals surface area contributed by atoms with Gasteiger partial charge in [-0.3, -0.25) is 0 Å². The van der Waals surface area contributed by atoms with E-state index in [1.165, 1.54) is 117 Å². The quantitative estimate of drug-likeness (QED) is 0.165. The minimum Gasteiger partial charge on any atom is -0.335 e. The summed E-state index contributed by atoms with van der Waals surface area (Å²) in [6.07, 6.45) is 9.70. The smallest absolute Gasteiger partial charge is 0.252 e. The van der Waals surface area contributed by atoms with E-state index in [1.54, 1.807) is 11.1 Å². The van der Waals surface area contributed by atoms with Gasteiger partial charge in [0.05, 0.1) is 11.1 Å². The molecule has 2 fully saturated rings. The van der Waals surface area contributed by atoms with Gasteiger partial charge in [-0.1, -0.05) is 138 Å². The first-order valence-corrected chi connectivity index (χ1v) is 23.4. The highest BCUT2D eigenvalue weighted by molar-refractivity contribution is 7.00. The molecule has 0 spiro atoms. The number of hydrogen-bond donors (Lipinski definition) is 0. The molecule has 6 aliphatic rings. The summed E-state index contributed by atoms with van der Waals surface area (Å²) in [6.45, 7) is 19.9. The maximum Gasteiger partial charge on any atom is 0.252 e. The molecule has 0 aromatic heterocycles. The van der Waals surface area contributed by atoms with Crippen molar-refractivity contribution >= 4 is 62.9 Å². The molecule has 0 amide bonds. The van der Waals surface area contributed by atoms with E-state index in [1.807, 2.05) is 0 Å². The second-order valence-electron chi connectivity index (χ2n) is 21.5. The fourth-order valence-electron chi connectivity index (χ4n) is 14.5. The Morgan fingerprint density at radius 1 is 0.557 bits per heavy atom. The number of para-hydroxylation sites is 2. The van der Waals surface area contributed by atoms with E-state index in [2.05, 4.69) is 191 Å². The number of hydrogen-bond acceptors (Lipinski definition) is 3. The monoisotopic (exact) mass is 797 g/mol. The Bertz CT molecular complexity index is 2800. The third-order valence-electron chi connectivity index (χ3n) is 17.3. The number of nitrogens with zero attached hydrogens (tertiary/aromatic N) is 3. The van der Waals surface area contributed by atoms with Crippen LogP contribution in [-0.4, -0.2) is 17.8 Å². The molecule has 2 aliphatic carbocycles. The van der Waals surface area contributed by atoms with E-state index in [0.29, 0.717) is 0 Å². The third kappa shape index (κ3) is 4.62. The number of anilines is 7. The van der Waals surface area contributed by atoms with Gasteiger partial charge in [0.15, 0.2) is 0 Å². The molecule has 6 aromatic carbocycles. The predicted octanol–water partition coefficient (Wildman–Crippen LogP) is 12.7. The zero-order valence-corrected chi connectivity index (χ0v) is 37.6. The molecule has 4 unspecified atom stereocenters. The van der Waals surface area contributed by atoms with Gasteiger partial charge >= 0.3 is 0 Å². The summed E-state index contributed by atoms with van der Waals surface area (Å²) in [6, 6.07) is 47.9. The number of rotatable bonds is 3. The average Bonchev–Trinajstić information content (AvgIpc) is 3.62. The first-order valence-electron chi connectivity index (χ1n) is 23.4. The number of aryl methyl sites for hydroxylation is 2. The second kappa shape index (κ2) is 12.5. The van der Waals surface area contributed by atoms with Crippen LogP contribution in [0.2, 0.25) is 0 Å². The van der Waals surface area contributed by atoms with Crippen LogP contribution in [-0.2, 0) is 16.2 Å². The standard InChI is InChI=1S/C57H60BN3/c1-37-31-38(2)50-47(32-37)60(55(7)28-18-17-27-54(50,55)6)42-35-48-51-49(36-42)61-52-43(57(39-21-11-9-12-22-39)30-20-19-29-56(57,61)8)33-40(53(3,4)5)34-45(52)58(51)44-25-15-16-26-46(44)59(48)41-23-13-10-14-24-41/h9-16,21-26,31-36H,17-20,27-30H2,1-8H3. The van der Waals surface area contributed by atoms with Crippen LogP contribution in [0.3, 0.4) is 0 Å². The van der Waals surface area contributed by atoms with Crippen LogP contribution in [0, 0.1) is 13.8 Å². The lowest BCUT2D eigenvalue weighted by atomic mass is 9.33. The Morgan fingerprint density at radius 2 is 1.21 bits per heavy atom. The highest BCUT2D eigenvalue weighted by Crippen LogP contribution is 2.66. The van der Waals surface area contributed by atoms with Crippen molar-refractivity contribution in [2.75, 3.05) is 14.7 Å². The minimum atomic E-state index is -0.175. The molecule has 2 saturated carbocycles. The zero-order chi connectivity index (χ0) is 41.8. The van der Waals surface area contributed by atoms with Crippen molar-refractivity contribution in [2.24, 2.45) is 0 Å². The van der Waals surface area contributed by atoms with Gasteiger partial charge in [-0.05, 0) is 145 Å². The molecule has 6 aromatic rings. The molecule has 0 bridgehead atoms. The maximum absolute atomic E-state index is 2.95. The van der Waals surface area contributed by atoms with Gasteiger partial charge in [-0.2, -0.15) is 0 Å². The highest BCUT2D eigenvalue weighted by Gasteiger charge is 2.65. The molecule has 61 heavy (non-hydrogen) atoms. The summed E-state index contributed by atoms with van der Waals surface area (Å²) in [5.41, 5.74) is 22.3. The molecule has 4 atom stereocenters. The minimum absolute atomic E-state index is 0.0133. The van der Waals surface area contributed by atoms with E-state index in [0.717, 1.165) is 12.8 Å². The molecular formula is C57H60BN3. The summed E-state index contributed by atoms with van der Waals surface area (Å²) < 4.78 is 0. The van der Waals surface area contributed by atoms with Crippen LogP contribution < -0.4 is 31.1 Å². The Balaban J connectivity index is 1.24. The van der Waals surface area contributed by atoms with Gasteiger partial charge < -0.3 is 14.7 Å². The molecule has 0 radical (unpaired) electrons. The lowest BCUT2D eigenvalue weighted by Crippen LogP contribution is -2.65. The molecular weight excluding hydrogens is 737 g/mol. The molecule has 4 heteroatoms. The number of fused-ring (bicyclic) bond motifs is 10. The van der Waals surface area contributed by atoms with E-state index in [-0.39, 0.29) is 34.0 Å². The van der Waals surface area contributed by atoms with E-state index < -0.39 is 0 Å². The maximum atomic E-state index is 2.95. The van der Waals surface area contributed by atoms with Crippen LogP contribution in [0.1, 0.15) is 126 Å². The van der Waals surface area contributed by atoms with Crippen LogP contribution in [0.5, 0.6) is 0 Å². The summed E-state index contributed by atoms with van der Waals surface area (Å²) >= 11 is 0. The van der Waals surface area contributed by atoms with Gasteiger partial charge in [0.1, 0.15) is 0 Å². The van der Waals surface area contributed by atoms with Gasteiger partial charge in [0.2, 0.25) is 0 Å². The summed E-state index contributed by atoms with van der Waals surface area (Å²) in [5, 5.41) is 0. The molecule has 306 valence electrons. The molecule has 0 N–H and O–H groups in total. The highest BCUT2D eigenvalue weighted by atomic mass is 15.3. The predicted molar refractivity (Wildman–Crippen MR) is 259 cm³/mol. The summed E-state index contributed by atoms with van der Waals surface area (Å²) in [7, 11) is 0. The second-order valence-corrected chi connectivity index (χ2v) is 21.5. The fourth-order valence-corrected chi connectivity index (χ4v) is 14.5. The molecule has 4 heterocycles. The van der Waals surface area contributed by atoms with Crippen LogP contribution in [0.25, 0.3) is 0 Å². The van der Waals surface area contributed by atoms with E-state index in [4.69, 9.17) is 0 Å². The zero-order valence-electron chi connectivity index (χ0n) is 37.6. The molecule has 4 aliphatic heterocycles. The van der Waals surface area contributed by atoms with Crippen molar-refractivity contribution in [3.05, 3.63) is 155 Å². The van der Waals surface area contributed by atoms with E-state index >= 15 is 0 Å². The largest absolute Gasteiger partial charge is 0.335 e. The van der Waals surface area contributed by atoms with Crippen LogP contribution in [0.4, 0.5) is 39.8 Å². The first kappa shape index (κ1) is 37.5. The van der Waals surface area contributed by atoms with Crippen molar-refractivity contribution in [2.45, 2.75) is 134 Å². The van der Waals surface area contributed by atoms with Gasteiger partial charge in [0.25, 0.3) is 6.71 Å². The molecule has 12 rings (SSSR count). The van der Waals surface area contributed by atoms with Crippen molar-refractivity contribution in [1.82, 2.24) is 0 Å². The first-order chi connectivity index (χ1) is 29.3. The Labute approximate surface area is 364 Å². The average molecular weight is 798 g/mol. The van der Waals surface area contributed by atoms with Gasteiger partial charge in [0, 0.05) is 50.6 Å². The normalized spacial score (nSPS) is 26.6.